The maximum Gasteiger partial charge on any atom is 0.347 e. The van der Waals surface area contributed by atoms with Crippen LogP contribution in [-0.2, 0) is 19.7 Å². The minimum atomic E-state index is -4.04. The summed E-state index contributed by atoms with van der Waals surface area (Å²) in [5.41, 5.74) is 0.459. The molecule has 0 aliphatic carbocycles. The van der Waals surface area contributed by atoms with Gasteiger partial charge in [0.15, 0.2) is 0 Å². The van der Waals surface area contributed by atoms with Gasteiger partial charge in [0.05, 0.1) is 27.7 Å². The molecule has 0 atom stereocenters. The molecule has 1 aliphatic heterocycles. The van der Waals surface area contributed by atoms with Crippen LogP contribution in [0.1, 0.15) is 26.3 Å². The van der Waals surface area contributed by atoms with Crippen molar-refractivity contribution < 1.29 is 27.6 Å². The van der Waals surface area contributed by atoms with Gasteiger partial charge in [-0.05, 0) is 36.4 Å². The number of rotatable bonds is 5. The number of hydrogen-bond acceptors (Lipinski definition) is 7. The standard InChI is InChI=1S/C17H11N3O6S/c18-9-11-5-7-12(8-6-11)27(24,25)19-10-15(21)26-20-16(22)13-3-1-2-4-14(13)17(20)23/h1-8,19H,10H2. The molecule has 27 heavy (non-hydrogen) atoms. The Balaban J connectivity index is 1.64. The molecule has 0 aromatic heterocycles. The normalized spacial score (nSPS) is 13.2. The van der Waals surface area contributed by atoms with Gasteiger partial charge in [-0.25, -0.2) is 13.2 Å². The van der Waals surface area contributed by atoms with Crippen molar-refractivity contribution in [1.82, 2.24) is 9.79 Å². The van der Waals surface area contributed by atoms with E-state index < -0.39 is 34.4 Å². The zero-order valence-electron chi connectivity index (χ0n) is 13.6. The minimum absolute atomic E-state index is 0.0912. The Kier molecular flexibility index (Phi) is 4.72. The van der Waals surface area contributed by atoms with E-state index in [1.54, 1.807) is 12.1 Å². The van der Waals surface area contributed by atoms with Crippen LogP contribution in [0.15, 0.2) is 53.4 Å². The predicted octanol–water partition coefficient (Wildman–Crippen LogP) is 0.591. The molecule has 0 saturated heterocycles. The molecule has 3 rings (SSSR count). The predicted molar refractivity (Wildman–Crippen MR) is 89.4 cm³/mol. The van der Waals surface area contributed by atoms with Gasteiger partial charge in [-0.15, -0.1) is 0 Å². The van der Waals surface area contributed by atoms with Gasteiger partial charge in [0.1, 0.15) is 6.54 Å². The van der Waals surface area contributed by atoms with Crippen molar-refractivity contribution in [3.05, 3.63) is 65.2 Å². The van der Waals surface area contributed by atoms with Crippen molar-refractivity contribution in [2.24, 2.45) is 0 Å². The highest BCUT2D eigenvalue weighted by Gasteiger charge is 2.38. The van der Waals surface area contributed by atoms with Crippen molar-refractivity contribution in [3.63, 3.8) is 0 Å². The lowest BCUT2D eigenvalue weighted by Crippen LogP contribution is -2.38. The van der Waals surface area contributed by atoms with Crippen LogP contribution in [0.4, 0.5) is 0 Å². The number of fused-ring (bicyclic) bond motifs is 1. The van der Waals surface area contributed by atoms with Crippen molar-refractivity contribution in [2.45, 2.75) is 4.90 Å². The van der Waals surface area contributed by atoms with E-state index in [2.05, 4.69) is 0 Å². The molecule has 1 N–H and O–H groups in total. The van der Waals surface area contributed by atoms with Gasteiger partial charge in [-0.3, -0.25) is 9.59 Å². The maximum absolute atomic E-state index is 12.1. The average molecular weight is 385 g/mol. The van der Waals surface area contributed by atoms with E-state index in [0.29, 0.717) is 5.06 Å². The van der Waals surface area contributed by atoms with Gasteiger partial charge in [-0.2, -0.15) is 9.98 Å². The molecule has 2 aromatic rings. The molecule has 1 aliphatic rings. The Morgan fingerprint density at radius 3 is 2.11 bits per heavy atom. The summed E-state index contributed by atoms with van der Waals surface area (Å²) in [6.07, 6.45) is 0. The summed E-state index contributed by atoms with van der Waals surface area (Å²) in [6, 6.07) is 12.8. The maximum atomic E-state index is 12.1. The second-order valence-electron chi connectivity index (χ2n) is 5.37. The summed E-state index contributed by atoms with van der Waals surface area (Å²) in [6.45, 7) is -0.796. The van der Waals surface area contributed by atoms with Crippen LogP contribution in [0.2, 0.25) is 0 Å². The number of nitriles is 1. The first-order chi connectivity index (χ1) is 12.8. The number of sulfonamides is 1. The highest BCUT2D eigenvalue weighted by Crippen LogP contribution is 2.22. The van der Waals surface area contributed by atoms with Crippen molar-refractivity contribution >= 4 is 27.8 Å². The van der Waals surface area contributed by atoms with Crippen LogP contribution in [0.5, 0.6) is 0 Å². The number of imide groups is 1. The number of benzene rings is 2. The first kappa shape index (κ1) is 18.2. The molecular weight excluding hydrogens is 374 g/mol. The van der Waals surface area contributed by atoms with Gasteiger partial charge in [0, 0.05) is 0 Å². The van der Waals surface area contributed by atoms with Crippen molar-refractivity contribution in [2.75, 3.05) is 6.54 Å². The van der Waals surface area contributed by atoms with Crippen LogP contribution >= 0.6 is 0 Å². The molecule has 0 spiro atoms. The molecule has 9 nitrogen and oxygen atoms in total. The molecule has 1 heterocycles. The van der Waals surface area contributed by atoms with Crippen molar-refractivity contribution in [1.29, 1.82) is 5.26 Å². The van der Waals surface area contributed by atoms with Gasteiger partial charge in [0.25, 0.3) is 11.8 Å². The molecule has 0 radical (unpaired) electrons. The van der Waals surface area contributed by atoms with Gasteiger partial charge in [0.2, 0.25) is 10.0 Å². The molecule has 2 aromatic carbocycles. The minimum Gasteiger partial charge on any atom is -0.328 e. The monoisotopic (exact) mass is 385 g/mol. The summed E-state index contributed by atoms with van der Waals surface area (Å²) in [7, 11) is -4.04. The SMILES string of the molecule is N#Cc1ccc(S(=O)(=O)NCC(=O)ON2C(=O)c3ccccc3C2=O)cc1. The number of nitrogens with one attached hydrogen (secondary N) is 1. The van der Waals surface area contributed by atoms with E-state index in [1.807, 2.05) is 10.8 Å². The van der Waals surface area contributed by atoms with E-state index in [-0.39, 0.29) is 21.6 Å². The summed E-state index contributed by atoms with van der Waals surface area (Å²) >= 11 is 0. The highest BCUT2D eigenvalue weighted by atomic mass is 32.2. The van der Waals surface area contributed by atoms with Gasteiger partial charge >= 0.3 is 5.97 Å². The van der Waals surface area contributed by atoms with Crippen molar-refractivity contribution in [3.8, 4) is 6.07 Å². The Bertz CT molecular complexity index is 1050. The molecule has 0 unspecified atom stereocenters. The van der Waals surface area contributed by atoms with Gasteiger partial charge < -0.3 is 4.84 Å². The van der Waals surface area contributed by atoms with E-state index in [9.17, 15) is 22.8 Å². The fourth-order valence-electron chi connectivity index (χ4n) is 2.33. The number of amides is 2. The molecule has 2 amide bonds. The Hall–Kier alpha value is -3.55. The quantitative estimate of drug-likeness (QED) is 0.745. The third-order valence-electron chi connectivity index (χ3n) is 3.65. The third-order valence-corrected chi connectivity index (χ3v) is 5.07. The van der Waals surface area contributed by atoms with E-state index in [0.717, 1.165) is 0 Å². The third kappa shape index (κ3) is 3.55. The van der Waals surface area contributed by atoms with Crippen LogP contribution in [-0.4, -0.2) is 37.8 Å². The molecule has 0 bridgehead atoms. The Morgan fingerprint density at radius 1 is 1.04 bits per heavy atom. The van der Waals surface area contributed by atoms with E-state index >= 15 is 0 Å². The summed E-state index contributed by atoms with van der Waals surface area (Å²) in [4.78, 5) is 40.6. The fourth-order valence-corrected chi connectivity index (χ4v) is 3.30. The number of hydrogen-bond donors (Lipinski definition) is 1. The molecule has 10 heteroatoms. The topological polar surface area (TPSA) is 134 Å². The Labute approximate surface area is 153 Å². The molecule has 0 saturated carbocycles. The summed E-state index contributed by atoms with van der Waals surface area (Å²) in [5, 5.41) is 9.01. The van der Waals surface area contributed by atoms with Crippen LogP contribution in [0, 0.1) is 11.3 Å². The zero-order valence-corrected chi connectivity index (χ0v) is 14.4. The molecular formula is C17H11N3O6S. The van der Waals surface area contributed by atoms with Gasteiger partial charge in [-0.1, -0.05) is 17.2 Å². The smallest absolute Gasteiger partial charge is 0.328 e. The molecule has 0 fully saturated rings. The zero-order chi connectivity index (χ0) is 19.6. The van der Waals surface area contributed by atoms with Crippen LogP contribution in [0.3, 0.4) is 0 Å². The second kappa shape index (κ2) is 6.99. The lowest BCUT2D eigenvalue weighted by Gasteiger charge is -2.13. The average Bonchev–Trinajstić information content (AvgIpc) is 2.92. The van der Waals surface area contributed by atoms with E-state index in [4.69, 9.17) is 10.1 Å². The first-order valence-corrected chi connectivity index (χ1v) is 9.00. The Morgan fingerprint density at radius 2 is 1.59 bits per heavy atom. The first-order valence-electron chi connectivity index (χ1n) is 7.52. The highest BCUT2D eigenvalue weighted by molar-refractivity contribution is 7.89. The van der Waals surface area contributed by atoms with E-state index in [1.165, 1.54) is 36.4 Å². The number of carbonyl (C=O) groups excluding carboxylic acids is 3. The fraction of sp³-hybridized carbons (Fsp3) is 0.0588. The number of hydroxylamine groups is 2. The second-order valence-corrected chi connectivity index (χ2v) is 7.14. The number of carbonyl (C=O) groups is 3. The largest absolute Gasteiger partial charge is 0.347 e. The summed E-state index contributed by atoms with van der Waals surface area (Å²) < 4.78 is 26.3. The lowest BCUT2D eigenvalue weighted by molar-refractivity contribution is -0.166. The number of nitrogens with zero attached hydrogens (tertiary/aromatic N) is 2. The van der Waals surface area contributed by atoms with Crippen LogP contribution in [0.25, 0.3) is 0 Å². The summed E-state index contributed by atoms with van der Waals surface area (Å²) in [5.74, 6) is -2.75. The lowest BCUT2D eigenvalue weighted by atomic mass is 10.1. The molecule has 136 valence electrons. The van der Waals surface area contributed by atoms with Crippen LogP contribution < -0.4 is 4.72 Å².